The Bertz CT molecular complexity index is 1170. The number of thiophene rings is 1. The van der Waals surface area contributed by atoms with E-state index < -0.39 is 0 Å². The van der Waals surface area contributed by atoms with Crippen LogP contribution in [0.2, 0.25) is 0 Å². The molecule has 182 valence electrons. The molecular formula is C28H31N3O3S. The van der Waals surface area contributed by atoms with Crippen LogP contribution in [0.25, 0.3) is 0 Å². The van der Waals surface area contributed by atoms with E-state index in [-0.39, 0.29) is 31.1 Å². The van der Waals surface area contributed by atoms with Gasteiger partial charge < -0.3 is 19.9 Å². The van der Waals surface area contributed by atoms with Crippen LogP contribution in [0.5, 0.6) is 5.75 Å². The number of carbonyl (C=O) groups is 2. The van der Waals surface area contributed by atoms with E-state index in [4.69, 9.17) is 4.74 Å². The summed E-state index contributed by atoms with van der Waals surface area (Å²) in [5.41, 5.74) is 4.09. The van der Waals surface area contributed by atoms with Gasteiger partial charge in [-0.15, -0.1) is 17.9 Å². The molecule has 2 heterocycles. The molecule has 0 bridgehead atoms. The van der Waals surface area contributed by atoms with E-state index in [0.717, 1.165) is 28.9 Å². The number of urea groups is 1. The standard InChI is InChI=1S/C28H31N3O3S/c1-4-15-30(28(33)29-22-9-5-20(2)6-10-22)18-27(32)31-16-13-26-24(14-17-35-26)25(31)19-34-23-11-7-21(3)8-12-23/h4-12,14,17,25H,1,13,15-16,18-19H2,2-3H3,(H,29,33)/t25-/m0/s1. The van der Waals surface area contributed by atoms with Gasteiger partial charge in [0.05, 0.1) is 6.04 Å². The van der Waals surface area contributed by atoms with Gasteiger partial charge in [0.15, 0.2) is 0 Å². The molecule has 1 aliphatic rings. The second-order valence-corrected chi connectivity index (χ2v) is 9.74. The SMILES string of the molecule is C=CCN(CC(=O)N1CCc2sccc2[C@@H]1COc1ccc(C)cc1)C(=O)Nc1ccc(C)cc1. The molecule has 3 aromatic rings. The molecule has 0 saturated carbocycles. The van der Waals surface area contributed by atoms with Crippen LogP contribution in [-0.2, 0) is 11.2 Å². The van der Waals surface area contributed by atoms with Crippen LogP contribution < -0.4 is 10.1 Å². The minimum atomic E-state index is -0.331. The summed E-state index contributed by atoms with van der Waals surface area (Å²) in [6.07, 6.45) is 2.43. The van der Waals surface area contributed by atoms with Crippen molar-refractivity contribution >= 4 is 29.0 Å². The monoisotopic (exact) mass is 489 g/mol. The van der Waals surface area contributed by atoms with E-state index in [2.05, 4.69) is 23.3 Å². The number of benzene rings is 2. The average molecular weight is 490 g/mol. The van der Waals surface area contributed by atoms with Crippen molar-refractivity contribution in [2.45, 2.75) is 26.3 Å². The maximum Gasteiger partial charge on any atom is 0.322 e. The summed E-state index contributed by atoms with van der Waals surface area (Å²) in [6, 6.07) is 17.0. The third-order valence-corrected chi connectivity index (χ3v) is 7.11. The zero-order valence-electron chi connectivity index (χ0n) is 20.2. The number of nitrogens with zero attached hydrogens (tertiary/aromatic N) is 2. The first kappa shape index (κ1) is 24.5. The van der Waals surface area contributed by atoms with Crippen molar-refractivity contribution < 1.29 is 14.3 Å². The number of carbonyl (C=O) groups excluding carboxylic acids is 2. The molecule has 1 aliphatic heterocycles. The number of nitrogens with one attached hydrogen (secondary N) is 1. The normalized spacial score (nSPS) is 14.7. The van der Waals surface area contributed by atoms with Crippen molar-refractivity contribution in [3.05, 3.63) is 94.2 Å². The van der Waals surface area contributed by atoms with Gasteiger partial charge in [0, 0.05) is 23.7 Å². The molecule has 35 heavy (non-hydrogen) atoms. The van der Waals surface area contributed by atoms with Crippen molar-refractivity contribution in [2.75, 3.05) is 31.6 Å². The average Bonchev–Trinajstić information content (AvgIpc) is 3.34. The van der Waals surface area contributed by atoms with Gasteiger partial charge >= 0.3 is 6.03 Å². The summed E-state index contributed by atoms with van der Waals surface area (Å²) in [7, 11) is 0. The Kier molecular flexibility index (Phi) is 7.87. The lowest BCUT2D eigenvalue weighted by Crippen LogP contribution is -2.48. The quantitative estimate of drug-likeness (QED) is 0.420. The molecule has 0 fully saturated rings. The van der Waals surface area contributed by atoms with Crippen LogP contribution in [0.1, 0.15) is 27.6 Å². The van der Waals surface area contributed by atoms with Crippen molar-refractivity contribution in [3.63, 3.8) is 0 Å². The van der Waals surface area contributed by atoms with Crippen LogP contribution in [0.3, 0.4) is 0 Å². The fraction of sp³-hybridized carbons (Fsp3) is 0.286. The largest absolute Gasteiger partial charge is 0.491 e. The van der Waals surface area contributed by atoms with Gasteiger partial charge in [-0.3, -0.25) is 4.79 Å². The molecule has 2 aromatic carbocycles. The van der Waals surface area contributed by atoms with E-state index in [0.29, 0.717) is 18.8 Å². The molecule has 4 rings (SSSR count). The van der Waals surface area contributed by atoms with E-state index in [1.54, 1.807) is 17.4 Å². The fourth-order valence-corrected chi connectivity index (χ4v) is 5.08. The summed E-state index contributed by atoms with van der Waals surface area (Å²) < 4.78 is 6.10. The number of rotatable bonds is 8. The van der Waals surface area contributed by atoms with Crippen molar-refractivity contribution in [1.29, 1.82) is 0 Å². The van der Waals surface area contributed by atoms with Gasteiger partial charge in [0.25, 0.3) is 0 Å². The smallest absolute Gasteiger partial charge is 0.322 e. The van der Waals surface area contributed by atoms with Crippen LogP contribution in [-0.4, -0.2) is 48.0 Å². The van der Waals surface area contributed by atoms with Crippen molar-refractivity contribution in [2.24, 2.45) is 0 Å². The predicted molar refractivity (Wildman–Crippen MR) is 141 cm³/mol. The maximum atomic E-state index is 13.5. The fourth-order valence-electron chi connectivity index (χ4n) is 4.15. The second kappa shape index (κ2) is 11.2. The van der Waals surface area contributed by atoms with Crippen LogP contribution in [0.15, 0.2) is 72.6 Å². The number of hydrogen-bond donors (Lipinski definition) is 1. The molecule has 0 spiro atoms. The van der Waals surface area contributed by atoms with Crippen LogP contribution >= 0.6 is 11.3 Å². The Morgan fingerprint density at radius 1 is 1.11 bits per heavy atom. The number of ether oxygens (including phenoxy) is 1. The highest BCUT2D eigenvalue weighted by molar-refractivity contribution is 7.10. The van der Waals surface area contributed by atoms with Gasteiger partial charge in [-0.25, -0.2) is 4.79 Å². The third kappa shape index (κ3) is 6.11. The summed E-state index contributed by atoms with van der Waals surface area (Å²) >= 11 is 1.71. The molecule has 3 amide bonds. The number of fused-ring (bicyclic) bond motifs is 1. The number of anilines is 1. The number of hydrogen-bond acceptors (Lipinski definition) is 4. The molecule has 0 aliphatic carbocycles. The minimum Gasteiger partial charge on any atom is -0.491 e. The van der Waals surface area contributed by atoms with Gasteiger partial charge in [-0.1, -0.05) is 41.5 Å². The van der Waals surface area contributed by atoms with Crippen LogP contribution in [0.4, 0.5) is 10.5 Å². The molecule has 0 unspecified atom stereocenters. The number of aryl methyl sites for hydroxylation is 2. The first-order chi connectivity index (χ1) is 16.9. The zero-order chi connectivity index (χ0) is 24.8. The van der Waals surface area contributed by atoms with E-state index >= 15 is 0 Å². The number of amides is 3. The first-order valence-corrected chi connectivity index (χ1v) is 12.6. The molecule has 7 heteroatoms. The molecular weight excluding hydrogens is 458 g/mol. The molecule has 6 nitrogen and oxygen atoms in total. The second-order valence-electron chi connectivity index (χ2n) is 8.74. The van der Waals surface area contributed by atoms with E-state index in [9.17, 15) is 9.59 Å². The summed E-state index contributed by atoms with van der Waals surface area (Å²) in [5.74, 6) is 0.663. The molecule has 1 atom stereocenters. The highest BCUT2D eigenvalue weighted by atomic mass is 32.1. The van der Waals surface area contributed by atoms with E-state index in [1.807, 2.05) is 67.3 Å². The minimum absolute atomic E-state index is 0.0375. The first-order valence-electron chi connectivity index (χ1n) is 11.7. The van der Waals surface area contributed by atoms with Gasteiger partial charge in [-0.2, -0.15) is 0 Å². The Balaban J connectivity index is 1.47. The summed E-state index contributed by atoms with van der Waals surface area (Å²) in [5, 5.41) is 4.95. The third-order valence-electron chi connectivity index (χ3n) is 6.11. The summed E-state index contributed by atoms with van der Waals surface area (Å²) in [6.45, 7) is 8.97. The topological polar surface area (TPSA) is 61.9 Å². The highest BCUT2D eigenvalue weighted by Gasteiger charge is 2.33. The highest BCUT2D eigenvalue weighted by Crippen LogP contribution is 2.34. The Morgan fingerprint density at radius 3 is 2.49 bits per heavy atom. The Labute approximate surface area is 210 Å². The Morgan fingerprint density at radius 2 is 1.80 bits per heavy atom. The molecule has 0 radical (unpaired) electrons. The zero-order valence-corrected chi connectivity index (χ0v) is 21.0. The molecule has 0 saturated heterocycles. The Hall–Kier alpha value is -3.58. The van der Waals surface area contributed by atoms with E-state index in [1.165, 1.54) is 9.78 Å². The van der Waals surface area contributed by atoms with Crippen molar-refractivity contribution in [1.82, 2.24) is 9.80 Å². The van der Waals surface area contributed by atoms with Gasteiger partial charge in [0.1, 0.15) is 18.9 Å². The molecule has 1 N–H and O–H groups in total. The lowest BCUT2D eigenvalue weighted by atomic mass is 10.0. The summed E-state index contributed by atoms with van der Waals surface area (Å²) in [4.78, 5) is 31.1. The van der Waals surface area contributed by atoms with Gasteiger partial charge in [0.2, 0.25) is 5.91 Å². The van der Waals surface area contributed by atoms with Crippen molar-refractivity contribution in [3.8, 4) is 5.75 Å². The van der Waals surface area contributed by atoms with Gasteiger partial charge in [-0.05, 0) is 61.5 Å². The molecule has 1 aromatic heterocycles. The van der Waals surface area contributed by atoms with Crippen LogP contribution in [0, 0.1) is 13.8 Å². The lowest BCUT2D eigenvalue weighted by Gasteiger charge is -2.37. The predicted octanol–water partition coefficient (Wildman–Crippen LogP) is 5.59. The lowest BCUT2D eigenvalue weighted by molar-refractivity contribution is -0.135. The maximum absolute atomic E-state index is 13.5.